The van der Waals surface area contributed by atoms with Crippen molar-refractivity contribution in [3.8, 4) is 0 Å². The molecule has 0 bridgehead atoms. The fraction of sp³-hybridized carbons (Fsp3) is 0.636. The maximum absolute atomic E-state index is 12.6. The lowest BCUT2D eigenvalue weighted by Crippen LogP contribution is -2.45. The van der Waals surface area contributed by atoms with Gasteiger partial charge in [0.1, 0.15) is 12.2 Å². The summed E-state index contributed by atoms with van der Waals surface area (Å²) in [6, 6.07) is 7.34. The topological polar surface area (TPSA) is 89.1 Å². The van der Waals surface area contributed by atoms with Gasteiger partial charge in [-0.1, -0.05) is 19.3 Å². The Balaban J connectivity index is 1.28. The lowest BCUT2D eigenvalue weighted by atomic mass is 9.96. The Bertz CT molecular complexity index is 748. The smallest absolute Gasteiger partial charge is 0.407 e. The Hall–Kier alpha value is -2.32. The van der Waals surface area contributed by atoms with Crippen molar-refractivity contribution in [2.24, 2.45) is 0 Å². The van der Waals surface area contributed by atoms with Crippen LogP contribution in [0.2, 0.25) is 0 Å². The molecule has 3 fully saturated rings. The first kappa shape index (κ1) is 20.9. The van der Waals surface area contributed by atoms with E-state index < -0.39 is 12.2 Å². The molecule has 1 aliphatic carbocycles. The molecular weight excluding hydrogens is 386 g/mol. The molecule has 4 atom stereocenters. The van der Waals surface area contributed by atoms with Gasteiger partial charge in [0.25, 0.3) is 5.91 Å². The maximum Gasteiger partial charge on any atom is 0.407 e. The molecule has 3 aliphatic rings. The summed E-state index contributed by atoms with van der Waals surface area (Å²) in [5.41, 5.74) is 1.61. The average molecular weight is 418 g/mol. The number of ether oxygens (including phenoxy) is 3. The summed E-state index contributed by atoms with van der Waals surface area (Å²) in [6.07, 6.45) is 3.98. The van der Waals surface area contributed by atoms with E-state index in [0.717, 1.165) is 31.4 Å². The summed E-state index contributed by atoms with van der Waals surface area (Å²) in [6.45, 7) is 0.609. The van der Waals surface area contributed by atoms with E-state index in [9.17, 15) is 9.59 Å². The Morgan fingerprint density at radius 2 is 1.67 bits per heavy atom. The first-order chi connectivity index (χ1) is 14.5. The minimum atomic E-state index is -0.458. The van der Waals surface area contributed by atoms with Crippen molar-refractivity contribution in [3.63, 3.8) is 0 Å². The van der Waals surface area contributed by atoms with Crippen molar-refractivity contribution in [1.29, 1.82) is 0 Å². The molecule has 4 rings (SSSR count). The van der Waals surface area contributed by atoms with Gasteiger partial charge in [-0.3, -0.25) is 4.79 Å². The van der Waals surface area contributed by atoms with Gasteiger partial charge >= 0.3 is 6.09 Å². The second kappa shape index (κ2) is 9.22. The Kier molecular flexibility index (Phi) is 6.43. The standard InChI is InChI=1S/C22H31N3O5/c1-25(2)16-10-8-14(9-11-16)21(26)24-17-12-28-20-18(13-29-19(17)20)30-22(27)23-15-6-4-3-5-7-15/h8-11,15,17-20H,3-7,12-13H2,1-2H3,(H,23,27)(H,24,26)/t17-,18+,19+,20+/m0/s1. The molecule has 2 aliphatic heterocycles. The molecule has 0 spiro atoms. The minimum Gasteiger partial charge on any atom is -0.441 e. The number of alkyl carbamates (subject to hydrolysis) is 1. The zero-order valence-corrected chi connectivity index (χ0v) is 17.6. The molecule has 8 heteroatoms. The van der Waals surface area contributed by atoms with Crippen LogP contribution in [0.15, 0.2) is 24.3 Å². The summed E-state index contributed by atoms with van der Waals surface area (Å²) < 4.78 is 17.2. The van der Waals surface area contributed by atoms with Gasteiger partial charge in [0.05, 0.1) is 19.3 Å². The van der Waals surface area contributed by atoms with Crippen LogP contribution >= 0.6 is 0 Å². The van der Waals surface area contributed by atoms with Gasteiger partial charge in [-0.2, -0.15) is 0 Å². The number of hydrogen-bond donors (Lipinski definition) is 2. The molecule has 0 unspecified atom stereocenters. The summed E-state index contributed by atoms with van der Waals surface area (Å²) in [5.74, 6) is -0.169. The van der Waals surface area contributed by atoms with Crippen LogP contribution in [-0.4, -0.2) is 69.7 Å². The summed E-state index contributed by atoms with van der Waals surface area (Å²) in [4.78, 5) is 26.9. The first-order valence-electron chi connectivity index (χ1n) is 10.8. The van der Waals surface area contributed by atoms with Crippen molar-refractivity contribution in [2.75, 3.05) is 32.2 Å². The molecule has 2 N–H and O–H groups in total. The van der Waals surface area contributed by atoms with Crippen LogP contribution in [0.25, 0.3) is 0 Å². The van der Waals surface area contributed by atoms with E-state index in [-0.39, 0.29) is 36.8 Å². The second-order valence-electron chi connectivity index (χ2n) is 8.54. The van der Waals surface area contributed by atoms with Gasteiger partial charge in [-0.15, -0.1) is 0 Å². The Morgan fingerprint density at radius 3 is 2.37 bits per heavy atom. The zero-order chi connectivity index (χ0) is 21.1. The molecule has 8 nitrogen and oxygen atoms in total. The third-order valence-electron chi connectivity index (χ3n) is 6.16. The summed E-state index contributed by atoms with van der Waals surface area (Å²) >= 11 is 0. The van der Waals surface area contributed by atoms with E-state index in [2.05, 4.69) is 10.6 Å². The van der Waals surface area contributed by atoms with E-state index in [1.807, 2.05) is 31.1 Å². The van der Waals surface area contributed by atoms with Crippen molar-refractivity contribution in [1.82, 2.24) is 10.6 Å². The van der Waals surface area contributed by atoms with Gasteiger partial charge < -0.3 is 29.7 Å². The van der Waals surface area contributed by atoms with E-state index in [1.165, 1.54) is 6.42 Å². The fourth-order valence-electron chi connectivity index (χ4n) is 4.44. The predicted molar refractivity (Wildman–Crippen MR) is 112 cm³/mol. The Morgan fingerprint density at radius 1 is 0.967 bits per heavy atom. The number of rotatable bonds is 5. The number of amides is 2. The van der Waals surface area contributed by atoms with Gasteiger partial charge in [-0.05, 0) is 37.1 Å². The van der Waals surface area contributed by atoms with Gasteiger partial charge in [-0.25, -0.2) is 4.79 Å². The van der Waals surface area contributed by atoms with Crippen LogP contribution in [-0.2, 0) is 14.2 Å². The predicted octanol–water partition coefficient (Wildman–Crippen LogP) is 2.08. The number of nitrogens with zero attached hydrogens (tertiary/aromatic N) is 1. The molecule has 1 aromatic rings. The number of fused-ring (bicyclic) bond motifs is 1. The third-order valence-corrected chi connectivity index (χ3v) is 6.16. The molecule has 1 aromatic carbocycles. The van der Waals surface area contributed by atoms with Crippen LogP contribution in [0.4, 0.5) is 10.5 Å². The SMILES string of the molecule is CN(C)c1ccc(C(=O)N[C@H]2CO[C@H]3[C@@H]2OC[C@H]3OC(=O)NC2CCCCC2)cc1. The normalized spacial score (nSPS) is 28.6. The highest BCUT2D eigenvalue weighted by Crippen LogP contribution is 2.29. The monoisotopic (exact) mass is 417 g/mol. The third kappa shape index (κ3) is 4.70. The number of carbonyl (C=O) groups excluding carboxylic acids is 2. The quantitative estimate of drug-likeness (QED) is 0.763. The van der Waals surface area contributed by atoms with Crippen molar-refractivity contribution >= 4 is 17.7 Å². The van der Waals surface area contributed by atoms with Crippen molar-refractivity contribution in [2.45, 2.75) is 62.5 Å². The highest BCUT2D eigenvalue weighted by Gasteiger charge is 2.50. The molecule has 164 valence electrons. The molecule has 2 heterocycles. The number of benzene rings is 1. The first-order valence-corrected chi connectivity index (χ1v) is 10.8. The van der Waals surface area contributed by atoms with Crippen LogP contribution in [0.3, 0.4) is 0 Å². The molecule has 0 aromatic heterocycles. The van der Waals surface area contributed by atoms with E-state index in [0.29, 0.717) is 12.2 Å². The summed E-state index contributed by atoms with van der Waals surface area (Å²) in [5, 5.41) is 5.95. The highest BCUT2D eigenvalue weighted by molar-refractivity contribution is 5.94. The fourth-order valence-corrected chi connectivity index (χ4v) is 4.44. The number of hydrogen-bond acceptors (Lipinski definition) is 6. The van der Waals surface area contributed by atoms with Crippen LogP contribution in [0.5, 0.6) is 0 Å². The zero-order valence-electron chi connectivity index (χ0n) is 17.6. The molecule has 2 amide bonds. The maximum atomic E-state index is 12.6. The Labute approximate surface area is 177 Å². The van der Waals surface area contributed by atoms with Crippen molar-refractivity contribution < 1.29 is 23.8 Å². The van der Waals surface area contributed by atoms with Crippen LogP contribution < -0.4 is 15.5 Å². The van der Waals surface area contributed by atoms with E-state index in [4.69, 9.17) is 14.2 Å². The van der Waals surface area contributed by atoms with Gasteiger partial charge in [0.15, 0.2) is 6.10 Å². The molecule has 1 saturated carbocycles. The number of anilines is 1. The second-order valence-corrected chi connectivity index (χ2v) is 8.54. The van der Waals surface area contributed by atoms with Gasteiger partial charge in [0.2, 0.25) is 0 Å². The lowest BCUT2D eigenvalue weighted by Gasteiger charge is -2.24. The van der Waals surface area contributed by atoms with Crippen LogP contribution in [0, 0.1) is 0 Å². The minimum absolute atomic E-state index is 0.169. The molecular formula is C22H31N3O5. The molecule has 30 heavy (non-hydrogen) atoms. The lowest BCUT2D eigenvalue weighted by molar-refractivity contribution is 0.00261. The largest absolute Gasteiger partial charge is 0.441 e. The van der Waals surface area contributed by atoms with Gasteiger partial charge in [0, 0.05) is 31.4 Å². The highest BCUT2D eigenvalue weighted by atomic mass is 16.6. The molecule has 0 radical (unpaired) electrons. The average Bonchev–Trinajstić information content (AvgIpc) is 3.32. The number of nitrogens with one attached hydrogen (secondary N) is 2. The van der Waals surface area contributed by atoms with E-state index >= 15 is 0 Å². The van der Waals surface area contributed by atoms with Crippen molar-refractivity contribution in [3.05, 3.63) is 29.8 Å². The number of carbonyl (C=O) groups is 2. The molecule has 2 saturated heterocycles. The summed E-state index contributed by atoms with van der Waals surface area (Å²) in [7, 11) is 3.91. The van der Waals surface area contributed by atoms with E-state index in [1.54, 1.807) is 12.1 Å². The van der Waals surface area contributed by atoms with Crippen LogP contribution in [0.1, 0.15) is 42.5 Å².